The van der Waals surface area contributed by atoms with E-state index in [-0.39, 0.29) is 11.9 Å². The van der Waals surface area contributed by atoms with Crippen LogP contribution >= 0.6 is 0 Å². The Morgan fingerprint density at radius 3 is 2.75 bits per heavy atom. The highest BCUT2D eigenvalue weighted by molar-refractivity contribution is 5.79. The molecule has 2 rings (SSSR count). The molecule has 86 valence electrons. The Bertz CT molecular complexity index is 363. The summed E-state index contributed by atoms with van der Waals surface area (Å²) in [6, 6.07) is 10.3. The number of amides is 1. The highest BCUT2D eigenvalue weighted by Gasteiger charge is 2.28. The Balaban J connectivity index is 2.01. The summed E-state index contributed by atoms with van der Waals surface area (Å²) in [6.45, 7) is 3.79. The van der Waals surface area contributed by atoms with Crippen molar-refractivity contribution in [3.8, 4) is 0 Å². The van der Waals surface area contributed by atoms with Gasteiger partial charge in [-0.2, -0.15) is 0 Å². The fourth-order valence-corrected chi connectivity index (χ4v) is 2.32. The molecule has 0 aromatic heterocycles. The van der Waals surface area contributed by atoms with Crippen LogP contribution in [0.15, 0.2) is 30.3 Å². The van der Waals surface area contributed by atoms with Gasteiger partial charge in [0.25, 0.3) is 0 Å². The number of rotatable bonds is 3. The van der Waals surface area contributed by atoms with E-state index in [4.69, 9.17) is 5.73 Å². The molecule has 1 aliphatic rings. The second-order valence-electron chi connectivity index (χ2n) is 4.47. The molecule has 1 aromatic carbocycles. The minimum absolute atomic E-state index is 0.145. The number of hydrogen-bond donors (Lipinski definition) is 1. The number of carbonyl (C=O) groups excluding carboxylic acids is 1. The smallest absolute Gasteiger partial charge is 0.234 e. The van der Waals surface area contributed by atoms with E-state index < -0.39 is 0 Å². The van der Waals surface area contributed by atoms with Crippen LogP contribution < -0.4 is 5.73 Å². The number of nitrogens with zero attached hydrogens (tertiary/aromatic N) is 1. The lowest BCUT2D eigenvalue weighted by Crippen LogP contribution is -2.41. The number of hydrogen-bond acceptors (Lipinski definition) is 2. The van der Waals surface area contributed by atoms with E-state index in [9.17, 15) is 4.79 Å². The standard InChI is InChI=1S/C13H18N2O/c1-10(13(14)16)15-8-7-12(9-15)11-5-3-2-4-6-11/h2-6,10,12H,7-9H2,1H3,(H2,14,16). The first-order valence-corrected chi connectivity index (χ1v) is 5.77. The van der Waals surface area contributed by atoms with E-state index >= 15 is 0 Å². The van der Waals surface area contributed by atoms with Gasteiger partial charge in [-0.05, 0) is 31.4 Å². The van der Waals surface area contributed by atoms with Crippen molar-refractivity contribution in [3.63, 3.8) is 0 Å². The monoisotopic (exact) mass is 218 g/mol. The molecule has 1 heterocycles. The van der Waals surface area contributed by atoms with Gasteiger partial charge < -0.3 is 5.73 Å². The molecule has 2 unspecified atom stereocenters. The second-order valence-corrected chi connectivity index (χ2v) is 4.47. The van der Waals surface area contributed by atoms with Crippen LogP contribution in [0.4, 0.5) is 0 Å². The Kier molecular flexibility index (Phi) is 3.25. The molecule has 2 N–H and O–H groups in total. The zero-order valence-corrected chi connectivity index (χ0v) is 9.60. The number of likely N-dealkylation sites (tertiary alicyclic amines) is 1. The SMILES string of the molecule is CC(C(N)=O)N1CCC(c2ccccc2)C1. The van der Waals surface area contributed by atoms with Crippen molar-refractivity contribution in [2.75, 3.05) is 13.1 Å². The summed E-state index contributed by atoms with van der Waals surface area (Å²) in [6.07, 6.45) is 1.11. The van der Waals surface area contributed by atoms with Crippen LogP contribution in [0.2, 0.25) is 0 Å². The van der Waals surface area contributed by atoms with Crippen molar-refractivity contribution >= 4 is 5.91 Å². The molecule has 1 saturated heterocycles. The first-order chi connectivity index (χ1) is 7.68. The third-order valence-corrected chi connectivity index (χ3v) is 3.45. The minimum atomic E-state index is -0.228. The predicted octanol–water partition coefficient (Wildman–Crippen LogP) is 1.35. The van der Waals surface area contributed by atoms with Crippen molar-refractivity contribution in [3.05, 3.63) is 35.9 Å². The van der Waals surface area contributed by atoms with E-state index in [1.54, 1.807) is 0 Å². The van der Waals surface area contributed by atoms with Gasteiger partial charge in [-0.25, -0.2) is 0 Å². The average Bonchev–Trinajstić information content (AvgIpc) is 2.78. The second kappa shape index (κ2) is 4.66. The van der Waals surface area contributed by atoms with Crippen molar-refractivity contribution in [2.24, 2.45) is 5.73 Å². The highest BCUT2D eigenvalue weighted by Crippen LogP contribution is 2.27. The van der Waals surface area contributed by atoms with Crippen molar-refractivity contribution in [1.29, 1.82) is 0 Å². The largest absolute Gasteiger partial charge is 0.368 e. The van der Waals surface area contributed by atoms with Crippen molar-refractivity contribution < 1.29 is 4.79 Å². The number of nitrogens with two attached hydrogens (primary N) is 1. The lowest BCUT2D eigenvalue weighted by molar-refractivity contribution is -0.122. The molecule has 1 aliphatic heterocycles. The normalized spacial score (nSPS) is 23.2. The Morgan fingerprint density at radius 1 is 1.44 bits per heavy atom. The quantitative estimate of drug-likeness (QED) is 0.832. The molecule has 1 fully saturated rings. The van der Waals surface area contributed by atoms with Gasteiger partial charge in [-0.1, -0.05) is 30.3 Å². The zero-order chi connectivity index (χ0) is 11.5. The van der Waals surface area contributed by atoms with Gasteiger partial charge in [0.2, 0.25) is 5.91 Å². The third kappa shape index (κ3) is 2.25. The summed E-state index contributed by atoms with van der Waals surface area (Å²) in [5.74, 6) is 0.316. The van der Waals surface area contributed by atoms with Gasteiger partial charge >= 0.3 is 0 Å². The van der Waals surface area contributed by atoms with Gasteiger partial charge in [-0.15, -0.1) is 0 Å². The molecule has 1 amide bonds. The predicted molar refractivity (Wildman–Crippen MR) is 64.0 cm³/mol. The lowest BCUT2D eigenvalue weighted by Gasteiger charge is -2.21. The Labute approximate surface area is 96.2 Å². The van der Waals surface area contributed by atoms with Crippen LogP contribution in [0, 0.1) is 0 Å². The van der Waals surface area contributed by atoms with Crippen LogP contribution in [0.3, 0.4) is 0 Å². The van der Waals surface area contributed by atoms with E-state index in [2.05, 4.69) is 29.2 Å². The molecule has 3 nitrogen and oxygen atoms in total. The van der Waals surface area contributed by atoms with Crippen molar-refractivity contribution in [1.82, 2.24) is 4.90 Å². The van der Waals surface area contributed by atoms with Gasteiger partial charge in [0, 0.05) is 6.54 Å². The van der Waals surface area contributed by atoms with E-state index in [0.29, 0.717) is 5.92 Å². The van der Waals surface area contributed by atoms with Crippen LogP contribution in [-0.2, 0) is 4.79 Å². The molecule has 0 bridgehead atoms. The summed E-state index contributed by atoms with van der Waals surface area (Å²) >= 11 is 0. The zero-order valence-electron chi connectivity index (χ0n) is 9.60. The number of primary amides is 1. The molecular weight excluding hydrogens is 200 g/mol. The van der Waals surface area contributed by atoms with E-state index in [1.807, 2.05) is 13.0 Å². The molecule has 1 aromatic rings. The third-order valence-electron chi connectivity index (χ3n) is 3.45. The lowest BCUT2D eigenvalue weighted by atomic mass is 9.99. The fourth-order valence-electron chi connectivity index (χ4n) is 2.32. The summed E-state index contributed by atoms with van der Waals surface area (Å²) < 4.78 is 0. The number of benzene rings is 1. The topological polar surface area (TPSA) is 46.3 Å². The Hall–Kier alpha value is -1.35. The molecule has 0 spiro atoms. The number of carbonyl (C=O) groups is 1. The first kappa shape index (κ1) is 11.1. The molecule has 0 aliphatic carbocycles. The maximum Gasteiger partial charge on any atom is 0.234 e. The highest BCUT2D eigenvalue weighted by atomic mass is 16.1. The van der Waals surface area contributed by atoms with Gasteiger partial charge in [-0.3, -0.25) is 9.69 Å². The first-order valence-electron chi connectivity index (χ1n) is 5.77. The van der Waals surface area contributed by atoms with Crippen LogP contribution in [0.5, 0.6) is 0 Å². The average molecular weight is 218 g/mol. The molecule has 0 radical (unpaired) electrons. The maximum absolute atomic E-state index is 11.1. The molecule has 0 saturated carbocycles. The maximum atomic E-state index is 11.1. The summed E-state index contributed by atoms with van der Waals surface area (Å²) in [4.78, 5) is 13.3. The Morgan fingerprint density at radius 2 is 2.12 bits per heavy atom. The summed E-state index contributed by atoms with van der Waals surface area (Å²) in [5, 5.41) is 0. The minimum Gasteiger partial charge on any atom is -0.368 e. The van der Waals surface area contributed by atoms with Crippen LogP contribution in [0.1, 0.15) is 24.8 Å². The fraction of sp³-hybridized carbons (Fsp3) is 0.462. The molecule has 3 heteroatoms. The van der Waals surface area contributed by atoms with E-state index in [0.717, 1.165) is 19.5 Å². The molecule has 2 atom stereocenters. The van der Waals surface area contributed by atoms with Gasteiger partial charge in [0.1, 0.15) is 0 Å². The van der Waals surface area contributed by atoms with Gasteiger partial charge in [0.05, 0.1) is 6.04 Å². The van der Waals surface area contributed by atoms with Gasteiger partial charge in [0.15, 0.2) is 0 Å². The van der Waals surface area contributed by atoms with Crippen LogP contribution in [0.25, 0.3) is 0 Å². The molecular formula is C13H18N2O. The van der Waals surface area contributed by atoms with E-state index in [1.165, 1.54) is 5.56 Å². The van der Waals surface area contributed by atoms with Crippen LogP contribution in [-0.4, -0.2) is 29.9 Å². The summed E-state index contributed by atoms with van der Waals surface area (Å²) in [7, 11) is 0. The van der Waals surface area contributed by atoms with Crippen molar-refractivity contribution in [2.45, 2.75) is 25.3 Å². The molecule has 16 heavy (non-hydrogen) atoms. The summed E-state index contributed by atoms with van der Waals surface area (Å²) in [5.41, 5.74) is 6.68.